The average molecular weight is 164 g/mol. The molecule has 4 heteroatoms. The first kappa shape index (κ1) is 8.01. The molecule has 0 saturated carbocycles. The zero-order valence-corrected chi connectivity index (χ0v) is 7.02. The molecule has 0 spiro atoms. The molecular weight excluding hydrogens is 152 g/mol. The van der Waals surface area contributed by atoms with Crippen LogP contribution < -0.4 is 0 Å². The molecule has 0 aliphatic carbocycles. The van der Waals surface area contributed by atoms with Gasteiger partial charge in [-0.1, -0.05) is 0 Å². The third kappa shape index (κ3) is 1.95. The van der Waals surface area contributed by atoms with Crippen molar-refractivity contribution in [3.05, 3.63) is 0 Å². The summed E-state index contributed by atoms with van der Waals surface area (Å²) in [7, 11) is -2.86. The molecule has 1 fully saturated rings. The molecule has 0 aromatic heterocycles. The number of hydrogen-bond donors (Lipinski definition) is 0. The first-order valence-electron chi connectivity index (χ1n) is 3.35. The van der Waals surface area contributed by atoms with E-state index in [1.165, 1.54) is 0 Å². The summed E-state index contributed by atoms with van der Waals surface area (Å²) >= 11 is 0. The zero-order chi connectivity index (χ0) is 7.78. The van der Waals surface area contributed by atoms with Crippen molar-refractivity contribution in [2.24, 2.45) is 0 Å². The average Bonchev–Trinajstić information content (AvgIpc) is 2.48. The van der Waals surface area contributed by atoms with Gasteiger partial charge in [0.15, 0.2) is 9.84 Å². The monoisotopic (exact) mass is 164 g/mol. The summed E-state index contributed by atoms with van der Waals surface area (Å²) < 4.78 is 27.0. The Kier molecular flexibility index (Phi) is 2.01. The van der Waals surface area contributed by atoms with E-state index in [0.29, 0.717) is 6.61 Å². The van der Waals surface area contributed by atoms with Gasteiger partial charge in [-0.25, -0.2) is 8.42 Å². The number of epoxide rings is 1. The van der Waals surface area contributed by atoms with Crippen LogP contribution >= 0.6 is 0 Å². The molecule has 0 N–H and O–H groups in total. The van der Waals surface area contributed by atoms with Crippen molar-refractivity contribution in [2.75, 3.05) is 12.4 Å². The van der Waals surface area contributed by atoms with Crippen molar-refractivity contribution in [2.45, 2.75) is 25.2 Å². The Balaban J connectivity index is 2.50. The lowest BCUT2D eigenvalue weighted by Gasteiger charge is -2.03. The molecule has 0 bridgehead atoms. The van der Waals surface area contributed by atoms with Crippen LogP contribution in [0.1, 0.15) is 13.8 Å². The maximum atomic E-state index is 11.1. The van der Waals surface area contributed by atoms with Gasteiger partial charge in [0.05, 0.1) is 23.7 Å². The topological polar surface area (TPSA) is 46.7 Å². The summed E-state index contributed by atoms with van der Waals surface area (Å²) in [5.74, 6) is 0.199. The Morgan fingerprint density at radius 1 is 1.60 bits per heavy atom. The van der Waals surface area contributed by atoms with Gasteiger partial charge in [-0.15, -0.1) is 0 Å². The van der Waals surface area contributed by atoms with E-state index in [4.69, 9.17) is 4.74 Å². The molecule has 1 unspecified atom stereocenters. The van der Waals surface area contributed by atoms with Gasteiger partial charge in [-0.05, 0) is 13.8 Å². The molecule has 1 aliphatic heterocycles. The minimum Gasteiger partial charge on any atom is -0.372 e. The van der Waals surface area contributed by atoms with Gasteiger partial charge in [0.1, 0.15) is 0 Å². The lowest BCUT2D eigenvalue weighted by atomic mass is 10.6. The van der Waals surface area contributed by atoms with Gasteiger partial charge in [-0.3, -0.25) is 0 Å². The van der Waals surface area contributed by atoms with Crippen molar-refractivity contribution in [1.82, 2.24) is 0 Å². The summed E-state index contributed by atoms with van der Waals surface area (Å²) in [6.07, 6.45) is -0.00704. The van der Waals surface area contributed by atoms with Gasteiger partial charge >= 0.3 is 0 Å². The van der Waals surface area contributed by atoms with Crippen LogP contribution in [0.4, 0.5) is 0 Å². The number of sulfone groups is 1. The van der Waals surface area contributed by atoms with Crippen LogP contribution in [0.3, 0.4) is 0 Å². The van der Waals surface area contributed by atoms with E-state index in [1.807, 2.05) is 0 Å². The van der Waals surface area contributed by atoms with E-state index in [9.17, 15) is 8.42 Å². The zero-order valence-electron chi connectivity index (χ0n) is 6.20. The van der Waals surface area contributed by atoms with Crippen molar-refractivity contribution in [3.63, 3.8) is 0 Å². The van der Waals surface area contributed by atoms with Crippen LogP contribution in [0, 0.1) is 0 Å². The molecule has 1 aliphatic rings. The number of rotatable bonds is 3. The molecular formula is C6H12O3S. The second-order valence-electron chi connectivity index (χ2n) is 2.83. The van der Waals surface area contributed by atoms with Crippen LogP contribution in [0.15, 0.2) is 0 Å². The van der Waals surface area contributed by atoms with Crippen LogP contribution in [-0.4, -0.2) is 32.1 Å². The van der Waals surface area contributed by atoms with Crippen molar-refractivity contribution in [3.8, 4) is 0 Å². The summed E-state index contributed by atoms with van der Waals surface area (Å²) in [6.45, 7) is 4.00. The minimum absolute atomic E-state index is 0.00704. The standard InChI is InChI=1S/C6H12O3S/c1-5(2)10(7,8)4-6-3-9-6/h5-6H,3-4H2,1-2H3. The molecule has 0 aromatic carbocycles. The van der Waals surface area contributed by atoms with Crippen molar-refractivity contribution >= 4 is 9.84 Å². The SMILES string of the molecule is CC(C)S(=O)(=O)CC1CO1. The van der Waals surface area contributed by atoms with Crippen molar-refractivity contribution in [1.29, 1.82) is 0 Å². The molecule has 0 radical (unpaired) electrons. The van der Waals surface area contributed by atoms with Crippen LogP contribution in [0.5, 0.6) is 0 Å². The Morgan fingerprint density at radius 2 is 2.10 bits per heavy atom. The lowest BCUT2D eigenvalue weighted by Crippen LogP contribution is -2.20. The molecule has 3 nitrogen and oxygen atoms in total. The van der Waals surface area contributed by atoms with Crippen LogP contribution in [0.25, 0.3) is 0 Å². The van der Waals surface area contributed by atoms with E-state index in [1.54, 1.807) is 13.8 Å². The highest BCUT2D eigenvalue weighted by molar-refractivity contribution is 7.92. The summed E-state index contributed by atoms with van der Waals surface area (Å²) in [5, 5.41) is -0.267. The molecule has 10 heavy (non-hydrogen) atoms. The predicted molar refractivity (Wildman–Crippen MR) is 38.7 cm³/mol. The van der Waals surface area contributed by atoms with Crippen LogP contribution in [0.2, 0.25) is 0 Å². The summed E-state index contributed by atoms with van der Waals surface area (Å²) in [4.78, 5) is 0. The molecule has 1 atom stereocenters. The smallest absolute Gasteiger partial charge is 0.155 e. The molecule has 1 rings (SSSR count). The number of ether oxygens (including phenoxy) is 1. The van der Waals surface area contributed by atoms with Crippen molar-refractivity contribution < 1.29 is 13.2 Å². The molecule has 1 heterocycles. The Labute approximate surface area is 61.3 Å². The highest BCUT2D eigenvalue weighted by Gasteiger charge is 2.30. The Bertz CT molecular complexity index is 201. The highest BCUT2D eigenvalue weighted by atomic mass is 32.2. The summed E-state index contributed by atoms with van der Waals surface area (Å²) in [5.41, 5.74) is 0. The van der Waals surface area contributed by atoms with Gasteiger partial charge in [0.2, 0.25) is 0 Å². The van der Waals surface area contributed by atoms with E-state index in [-0.39, 0.29) is 17.1 Å². The third-order valence-corrected chi connectivity index (χ3v) is 3.81. The first-order valence-corrected chi connectivity index (χ1v) is 5.07. The highest BCUT2D eigenvalue weighted by Crippen LogP contribution is 2.14. The largest absolute Gasteiger partial charge is 0.372 e. The quantitative estimate of drug-likeness (QED) is 0.560. The fourth-order valence-corrected chi connectivity index (χ4v) is 1.71. The normalized spacial score (nSPS) is 25.3. The Hall–Kier alpha value is -0.0900. The van der Waals surface area contributed by atoms with Gasteiger partial charge in [0.25, 0.3) is 0 Å². The Morgan fingerprint density at radius 3 is 2.40 bits per heavy atom. The van der Waals surface area contributed by atoms with E-state index < -0.39 is 9.84 Å². The maximum absolute atomic E-state index is 11.1. The second-order valence-corrected chi connectivity index (χ2v) is 5.44. The molecule has 0 aromatic rings. The van der Waals surface area contributed by atoms with Gasteiger partial charge < -0.3 is 4.74 Å². The molecule has 0 amide bonds. The molecule has 60 valence electrons. The fraction of sp³-hybridized carbons (Fsp3) is 1.00. The second kappa shape index (κ2) is 2.51. The van der Waals surface area contributed by atoms with Crippen LogP contribution in [-0.2, 0) is 14.6 Å². The number of hydrogen-bond acceptors (Lipinski definition) is 3. The lowest BCUT2D eigenvalue weighted by molar-refractivity contribution is 0.422. The predicted octanol–water partition coefficient (Wildman–Crippen LogP) is 0.208. The van der Waals surface area contributed by atoms with Gasteiger partial charge in [0, 0.05) is 0 Å². The van der Waals surface area contributed by atoms with E-state index in [2.05, 4.69) is 0 Å². The fourth-order valence-electron chi connectivity index (χ4n) is 0.616. The van der Waals surface area contributed by atoms with E-state index in [0.717, 1.165) is 0 Å². The summed E-state index contributed by atoms with van der Waals surface area (Å²) in [6, 6.07) is 0. The third-order valence-electron chi connectivity index (χ3n) is 1.54. The first-order chi connectivity index (χ1) is 4.52. The minimum atomic E-state index is -2.86. The molecule has 1 saturated heterocycles. The van der Waals surface area contributed by atoms with E-state index >= 15 is 0 Å². The maximum Gasteiger partial charge on any atom is 0.155 e. The van der Waals surface area contributed by atoms with Gasteiger partial charge in [-0.2, -0.15) is 0 Å².